The van der Waals surface area contributed by atoms with Crippen LogP contribution in [0.5, 0.6) is 0 Å². The summed E-state index contributed by atoms with van der Waals surface area (Å²) in [7, 11) is 0. The molecule has 1 aliphatic carbocycles. The van der Waals surface area contributed by atoms with Gasteiger partial charge in [-0.1, -0.05) is 29.4 Å². The maximum absolute atomic E-state index is 13.0. The Hall–Kier alpha value is -2.53. The fraction of sp³-hybridized carbons (Fsp3) is 0.400. The predicted molar refractivity (Wildman–Crippen MR) is 115 cm³/mol. The van der Waals surface area contributed by atoms with Gasteiger partial charge < -0.3 is 9.88 Å². The average molecular weight is 486 g/mol. The zero-order valence-corrected chi connectivity index (χ0v) is 18.5. The Balaban J connectivity index is 1.56. The molecule has 0 spiro atoms. The average Bonchev–Trinajstić information content (AvgIpc) is 3.48. The standard InChI is InChI=1S/C20H19ClF3N5O2S/c1-11(12-5-6-12)28(10-20(22,23)24)16(30)9-32-19-26-17-15(18(31)27-19)8-25-29(17)14-4-2-3-13(21)7-14/h2-4,7-8,11-12H,5-6,9-10H2,1H3,(H,26,27,31). The van der Waals surface area contributed by atoms with Gasteiger partial charge in [0.1, 0.15) is 11.9 Å². The summed E-state index contributed by atoms with van der Waals surface area (Å²) in [5, 5.41) is 5.02. The van der Waals surface area contributed by atoms with Gasteiger partial charge in [-0.15, -0.1) is 0 Å². The van der Waals surface area contributed by atoms with Gasteiger partial charge in [-0.3, -0.25) is 9.59 Å². The van der Waals surface area contributed by atoms with Crippen molar-refractivity contribution in [3.8, 4) is 5.69 Å². The highest BCUT2D eigenvalue weighted by atomic mass is 35.5. The summed E-state index contributed by atoms with van der Waals surface area (Å²) in [5.74, 6) is -0.849. The smallest absolute Gasteiger partial charge is 0.330 e. The summed E-state index contributed by atoms with van der Waals surface area (Å²) in [6, 6.07) is 6.32. The van der Waals surface area contributed by atoms with Gasteiger partial charge in [0.2, 0.25) is 5.91 Å². The molecule has 12 heteroatoms. The minimum Gasteiger partial charge on any atom is -0.330 e. The highest BCUT2D eigenvalue weighted by molar-refractivity contribution is 7.99. The minimum atomic E-state index is -4.49. The summed E-state index contributed by atoms with van der Waals surface area (Å²) in [6.45, 7) is 0.344. The number of amides is 1. The molecule has 1 unspecified atom stereocenters. The van der Waals surface area contributed by atoms with Crippen LogP contribution in [-0.4, -0.2) is 55.1 Å². The highest BCUT2D eigenvalue weighted by Crippen LogP contribution is 2.36. The molecule has 170 valence electrons. The lowest BCUT2D eigenvalue weighted by atomic mass is 10.2. The van der Waals surface area contributed by atoms with Crippen LogP contribution in [0.4, 0.5) is 13.2 Å². The van der Waals surface area contributed by atoms with Crippen LogP contribution in [0.1, 0.15) is 19.8 Å². The largest absolute Gasteiger partial charge is 0.406 e. The number of halogens is 4. The number of aromatic amines is 1. The van der Waals surface area contributed by atoms with E-state index in [0.717, 1.165) is 29.5 Å². The number of benzene rings is 1. The van der Waals surface area contributed by atoms with E-state index in [9.17, 15) is 22.8 Å². The summed E-state index contributed by atoms with van der Waals surface area (Å²) < 4.78 is 40.5. The molecule has 2 heterocycles. The van der Waals surface area contributed by atoms with Crippen molar-refractivity contribution in [2.45, 2.75) is 37.1 Å². The quantitative estimate of drug-likeness (QED) is 0.403. The van der Waals surface area contributed by atoms with Crippen molar-refractivity contribution in [1.29, 1.82) is 0 Å². The summed E-state index contributed by atoms with van der Waals surface area (Å²) >= 11 is 6.91. The molecule has 2 aromatic heterocycles. The Morgan fingerprint density at radius 1 is 1.41 bits per heavy atom. The van der Waals surface area contributed by atoms with Gasteiger partial charge in [0.25, 0.3) is 5.56 Å². The normalized spacial score (nSPS) is 15.2. The molecule has 32 heavy (non-hydrogen) atoms. The second kappa shape index (κ2) is 8.78. The molecule has 1 aromatic carbocycles. The topological polar surface area (TPSA) is 83.9 Å². The molecule has 0 bridgehead atoms. The van der Waals surface area contributed by atoms with Crippen molar-refractivity contribution in [2.75, 3.05) is 12.3 Å². The summed E-state index contributed by atoms with van der Waals surface area (Å²) in [4.78, 5) is 32.9. The summed E-state index contributed by atoms with van der Waals surface area (Å²) in [6.07, 6.45) is -1.49. The Labute approximate surface area is 190 Å². The third-order valence-electron chi connectivity index (χ3n) is 5.27. The van der Waals surface area contributed by atoms with Crippen LogP contribution in [0.15, 0.2) is 40.4 Å². The molecule has 0 radical (unpaired) electrons. The van der Waals surface area contributed by atoms with E-state index in [1.54, 1.807) is 31.2 Å². The van der Waals surface area contributed by atoms with Crippen molar-refractivity contribution >= 4 is 40.3 Å². The van der Waals surface area contributed by atoms with Crippen LogP contribution < -0.4 is 5.56 Å². The van der Waals surface area contributed by atoms with Gasteiger partial charge in [0.15, 0.2) is 10.8 Å². The molecular weight excluding hydrogens is 467 g/mol. The van der Waals surface area contributed by atoms with Gasteiger partial charge in [-0.25, -0.2) is 9.67 Å². The van der Waals surface area contributed by atoms with E-state index in [2.05, 4.69) is 15.1 Å². The van der Waals surface area contributed by atoms with Gasteiger partial charge in [-0.2, -0.15) is 18.3 Å². The SMILES string of the molecule is CC(C1CC1)N(CC(F)(F)F)C(=O)CSc1nc2c(cnn2-c2cccc(Cl)c2)c(=O)[nH]1. The van der Waals surface area contributed by atoms with Crippen molar-refractivity contribution in [2.24, 2.45) is 5.92 Å². The molecule has 1 fully saturated rings. The minimum absolute atomic E-state index is 0.0904. The number of thioether (sulfide) groups is 1. The third kappa shape index (κ3) is 5.09. The first-order chi connectivity index (χ1) is 15.1. The number of alkyl halides is 3. The molecule has 1 saturated carbocycles. The second-order valence-corrected chi connectivity index (χ2v) is 9.05. The number of fused-ring (bicyclic) bond motifs is 1. The van der Waals surface area contributed by atoms with Crippen molar-refractivity contribution in [1.82, 2.24) is 24.6 Å². The molecule has 0 aliphatic heterocycles. The van der Waals surface area contributed by atoms with Crippen LogP contribution in [0.2, 0.25) is 5.02 Å². The molecule has 1 N–H and O–H groups in total. The number of rotatable bonds is 7. The number of H-pyrrole nitrogens is 1. The number of aromatic nitrogens is 4. The first-order valence-corrected chi connectivity index (χ1v) is 11.2. The van der Waals surface area contributed by atoms with Crippen molar-refractivity contribution in [3.63, 3.8) is 0 Å². The lowest BCUT2D eigenvalue weighted by Crippen LogP contribution is -2.46. The van der Waals surface area contributed by atoms with E-state index in [4.69, 9.17) is 11.6 Å². The Morgan fingerprint density at radius 2 is 2.16 bits per heavy atom. The van der Waals surface area contributed by atoms with Crippen LogP contribution in [0.25, 0.3) is 16.7 Å². The molecule has 0 saturated heterocycles. The Kier molecular flexibility index (Phi) is 6.22. The van der Waals surface area contributed by atoms with E-state index in [1.165, 1.54) is 10.9 Å². The maximum atomic E-state index is 13.0. The van der Waals surface area contributed by atoms with Crippen LogP contribution in [-0.2, 0) is 4.79 Å². The second-order valence-electron chi connectivity index (χ2n) is 7.65. The number of hydrogen-bond donors (Lipinski definition) is 1. The van der Waals surface area contributed by atoms with Gasteiger partial charge in [-0.05, 0) is 43.9 Å². The number of hydrogen-bond acceptors (Lipinski definition) is 5. The molecular formula is C20H19ClF3N5O2S. The highest BCUT2D eigenvalue weighted by Gasteiger charge is 2.40. The maximum Gasteiger partial charge on any atom is 0.406 e. The first kappa shape index (κ1) is 22.7. The molecule has 3 aromatic rings. The zero-order chi connectivity index (χ0) is 23.0. The van der Waals surface area contributed by atoms with Gasteiger partial charge in [0, 0.05) is 11.1 Å². The molecule has 1 amide bonds. The fourth-order valence-electron chi connectivity index (χ4n) is 3.46. The number of nitrogens with one attached hydrogen (secondary N) is 1. The first-order valence-electron chi connectivity index (χ1n) is 9.85. The molecule has 1 aliphatic rings. The van der Waals surface area contributed by atoms with Crippen LogP contribution in [0, 0.1) is 5.92 Å². The summed E-state index contributed by atoms with van der Waals surface area (Å²) in [5.41, 5.74) is 0.383. The number of nitrogens with zero attached hydrogens (tertiary/aromatic N) is 4. The molecule has 1 atom stereocenters. The van der Waals surface area contributed by atoms with E-state index in [-0.39, 0.29) is 27.9 Å². The monoisotopic (exact) mass is 485 g/mol. The van der Waals surface area contributed by atoms with Crippen LogP contribution in [0.3, 0.4) is 0 Å². The van der Waals surface area contributed by atoms with Gasteiger partial charge >= 0.3 is 6.18 Å². The third-order valence-corrected chi connectivity index (χ3v) is 6.36. The lowest BCUT2D eigenvalue weighted by Gasteiger charge is -2.30. The Morgan fingerprint density at radius 3 is 2.81 bits per heavy atom. The van der Waals surface area contributed by atoms with Gasteiger partial charge in [0.05, 0.1) is 17.6 Å². The number of carbonyl (C=O) groups excluding carboxylic acids is 1. The van der Waals surface area contributed by atoms with E-state index in [1.807, 2.05) is 0 Å². The fourth-order valence-corrected chi connectivity index (χ4v) is 4.39. The lowest BCUT2D eigenvalue weighted by molar-refractivity contribution is -0.164. The zero-order valence-electron chi connectivity index (χ0n) is 16.9. The van der Waals surface area contributed by atoms with Crippen LogP contribution >= 0.6 is 23.4 Å². The predicted octanol–water partition coefficient (Wildman–Crippen LogP) is 4.04. The van der Waals surface area contributed by atoms with E-state index in [0.29, 0.717) is 10.7 Å². The van der Waals surface area contributed by atoms with E-state index < -0.39 is 30.2 Å². The molecule has 4 rings (SSSR count). The van der Waals surface area contributed by atoms with Crippen molar-refractivity contribution in [3.05, 3.63) is 45.8 Å². The number of carbonyl (C=O) groups is 1. The molecule has 7 nitrogen and oxygen atoms in total. The van der Waals surface area contributed by atoms with Crippen molar-refractivity contribution < 1.29 is 18.0 Å². The Bertz CT molecular complexity index is 1210. The van der Waals surface area contributed by atoms with E-state index >= 15 is 0 Å².